The Balaban J connectivity index is 1.78. The number of rotatable bonds is 6. The first-order valence-corrected chi connectivity index (χ1v) is 11.7. The van der Waals surface area contributed by atoms with Crippen molar-refractivity contribution in [3.63, 3.8) is 0 Å². The van der Waals surface area contributed by atoms with Crippen molar-refractivity contribution in [3.05, 3.63) is 66.4 Å². The molecular formula is C21H16Br2ClNO5S. The average molecular weight is 590 g/mol. The van der Waals surface area contributed by atoms with Crippen LogP contribution in [0.4, 0.5) is 4.79 Å². The van der Waals surface area contributed by atoms with Crippen molar-refractivity contribution in [2.45, 2.75) is 19.6 Å². The number of nitrogens with zero attached hydrogens (tertiary/aromatic N) is 1. The summed E-state index contributed by atoms with van der Waals surface area (Å²) in [5.41, 5.74) is 1.58. The van der Waals surface area contributed by atoms with Gasteiger partial charge < -0.3 is 9.47 Å². The van der Waals surface area contributed by atoms with Gasteiger partial charge in [0.05, 0.1) is 21.5 Å². The van der Waals surface area contributed by atoms with Crippen LogP contribution in [-0.4, -0.2) is 35.2 Å². The third-order valence-electron chi connectivity index (χ3n) is 4.37. The molecule has 1 heterocycles. The van der Waals surface area contributed by atoms with Gasteiger partial charge in [-0.1, -0.05) is 39.7 Å². The summed E-state index contributed by atoms with van der Waals surface area (Å²) in [5.74, 6) is -0.758. The van der Waals surface area contributed by atoms with Crippen LogP contribution in [0.3, 0.4) is 0 Å². The maximum atomic E-state index is 12.6. The van der Waals surface area contributed by atoms with Gasteiger partial charge in [-0.05, 0) is 76.1 Å². The Hall–Kier alpha value is -1.81. The highest BCUT2D eigenvalue weighted by atomic mass is 79.9. The van der Waals surface area contributed by atoms with Crippen molar-refractivity contribution in [1.82, 2.24) is 4.90 Å². The number of thioether (sulfide) groups is 1. The van der Waals surface area contributed by atoms with Crippen molar-refractivity contribution in [3.8, 4) is 5.75 Å². The van der Waals surface area contributed by atoms with Crippen LogP contribution in [0.25, 0.3) is 6.08 Å². The van der Waals surface area contributed by atoms with Gasteiger partial charge in [0, 0.05) is 4.47 Å². The quantitative estimate of drug-likeness (QED) is 0.302. The zero-order valence-corrected chi connectivity index (χ0v) is 21.1. The summed E-state index contributed by atoms with van der Waals surface area (Å²) in [7, 11) is 1.20. The fourth-order valence-corrected chi connectivity index (χ4v) is 4.94. The molecule has 0 bridgehead atoms. The molecule has 10 heteroatoms. The molecule has 1 saturated heterocycles. The molecule has 2 amide bonds. The van der Waals surface area contributed by atoms with Crippen LogP contribution >= 0.6 is 55.2 Å². The predicted octanol–water partition coefficient (Wildman–Crippen LogP) is 6.04. The van der Waals surface area contributed by atoms with Gasteiger partial charge in [0.25, 0.3) is 11.1 Å². The monoisotopic (exact) mass is 587 g/mol. The first-order chi connectivity index (χ1) is 14.7. The van der Waals surface area contributed by atoms with Gasteiger partial charge in [0.1, 0.15) is 12.6 Å². The summed E-state index contributed by atoms with van der Waals surface area (Å²) in [6.07, 6.45) is 1.55. The summed E-state index contributed by atoms with van der Waals surface area (Å²) in [4.78, 5) is 37.7. The highest BCUT2D eigenvalue weighted by Crippen LogP contribution is 2.38. The van der Waals surface area contributed by atoms with E-state index in [0.717, 1.165) is 26.7 Å². The van der Waals surface area contributed by atoms with E-state index in [2.05, 4.69) is 36.6 Å². The summed E-state index contributed by atoms with van der Waals surface area (Å²) < 4.78 is 12.0. The Labute approximate surface area is 205 Å². The molecule has 0 radical (unpaired) electrons. The van der Waals surface area contributed by atoms with Crippen molar-refractivity contribution >= 4 is 78.4 Å². The number of carbonyl (C=O) groups excluding carboxylic acids is 3. The molecule has 0 N–H and O–H groups in total. The fourth-order valence-electron chi connectivity index (χ4n) is 2.78. The molecule has 162 valence electrons. The molecule has 1 fully saturated rings. The maximum Gasteiger partial charge on any atom is 0.328 e. The minimum Gasteiger partial charge on any atom is -0.486 e. The molecule has 1 aliphatic heterocycles. The SMILES string of the molecule is COC(=O)[C@@H](C)N1C(=O)S/C(=C/c2cc(Cl)c(OCc3ccc(Br)cc3)c(Br)c2)C1=O. The summed E-state index contributed by atoms with van der Waals surface area (Å²) in [6, 6.07) is 10.1. The van der Waals surface area contributed by atoms with Crippen LogP contribution in [0.5, 0.6) is 5.75 Å². The predicted molar refractivity (Wildman–Crippen MR) is 127 cm³/mol. The summed E-state index contributed by atoms with van der Waals surface area (Å²) in [5, 5.41) is -0.186. The van der Waals surface area contributed by atoms with Gasteiger partial charge in [-0.2, -0.15) is 0 Å². The third-order valence-corrected chi connectivity index (χ3v) is 6.65. The topological polar surface area (TPSA) is 72.9 Å². The number of ether oxygens (including phenoxy) is 2. The van der Waals surface area contributed by atoms with Crippen molar-refractivity contribution in [2.75, 3.05) is 7.11 Å². The second-order valence-electron chi connectivity index (χ2n) is 6.48. The van der Waals surface area contributed by atoms with Gasteiger partial charge in [0.2, 0.25) is 0 Å². The first kappa shape index (κ1) is 23.8. The molecule has 2 aromatic carbocycles. The zero-order valence-electron chi connectivity index (χ0n) is 16.4. The molecule has 0 saturated carbocycles. The van der Waals surface area contributed by atoms with Crippen molar-refractivity contribution in [1.29, 1.82) is 0 Å². The highest BCUT2D eigenvalue weighted by Gasteiger charge is 2.41. The molecule has 1 atom stereocenters. The fraction of sp³-hybridized carbons (Fsp3) is 0.190. The first-order valence-electron chi connectivity index (χ1n) is 8.92. The van der Waals surface area contributed by atoms with E-state index in [9.17, 15) is 14.4 Å². The standard InChI is InChI=1S/C21H16Br2ClNO5S/c1-11(20(27)29-2)25-19(26)17(31-21(25)28)9-13-7-15(23)18(16(24)8-13)30-10-12-3-5-14(22)6-4-12/h3-9,11H,10H2,1-2H3/b17-9+/t11-/m1/s1. The molecule has 2 aromatic rings. The Morgan fingerprint density at radius 3 is 2.52 bits per heavy atom. The number of hydrogen-bond acceptors (Lipinski definition) is 6. The zero-order chi connectivity index (χ0) is 22.7. The van der Waals surface area contributed by atoms with E-state index in [1.807, 2.05) is 24.3 Å². The van der Waals surface area contributed by atoms with E-state index in [0.29, 0.717) is 27.4 Å². The molecular weight excluding hydrogens is 574 g/mol. The summed E-state index contributed by atoms with van der Waals surface area (Å²) >= 11 is 14.0. The molecule has 1 aliphatic rings. The molecule has 0 spiro atoms. The Morgan fingerprint density at radius 2 is 1.90 bits per heavy atom. The van der Waals surface area contributed by atoms with E-state index < -0.39 is 23.2 Å². The van der Waals surface area contributed by atoms with Crippen molar-refractivity contribution < 1.29 is 23.9 Å². The van der Waals surface area contributed by atoms with Crippen LogP contribution in [0, 0.1) is 0 Å². The van der Waals surface area contributed by atoms with Gasteiger partial charge >= 0.3 is 5.97 Å². The number of hydrogen-bond donors (Lipinski definition) is 0. The normalized spacial score (nSPS) is 16.0. The van der Waals surface area contributed by atoms with Gasteiger partial charge in [-0.25, -0.2) is 4.79 Å². The Kier molecular flexibility index (Phi) is 7.85. The maximum absolute atomic E-state index is 12.6. The number of amides is 2. The number of imide groups is 1. The van der Waals surface area contributed by atoms with Crippen LogP contribution in [0.2, 0.25) is 5.02 Å². The minimum absolute atomic E-state index is 0.187. The largest absolute Gasteiger partial charge is 0.486 e. The van der Waals surface area contributed by atoms with E-state index in [1.165, 1.54) is 14.0 Å². The molecule has 6 nitrogen and oxygen atoms in total. The second-order valence-corrected chi connectivity index (χ2v) is 9.65. The number of esters is 1. The Morgan fingerprint density at radius 1 is 1.23 bits per heavy atom. The number of carbonyl (C=O) groups is 3. The Bertz CT molecular complexity index is 1050. The van der Waals surface area contributed by atoms with Crippen LogP contribution in [0.15, 0.2) is 50.2 Å². The molecule has 31 heavy (non-hydrogen) atoms. The van der Waals surface area contributed by atoms with E-state index in [4.69, 9.17) is 16.3 Å². The average Bonchev–Trinajstić information content (AvgIpc) is 3.00. The number of halogens is 3. The third kappa shape index (κ3) is 5.52. The van der Waals surface area contributed by atoms with Gasteiger partial charge in [0.15, 0.2) is 5.75 Å². The number of methoxy groups -OCH3 is 1. The van der Waals surface area contributed by atoms with Gasteiger partial charge in [-0.3, -0.25) is 14.5 Å². The van der Waals surface area contributed by atoms with Crippen LogP contribution in [0.1, 0.15) is 18.1 Å². The lowest BCUT2D eigenvalue weighted by atomic mass is 10.2. The molecule has 0 unspecified atom stereocenters. The smallest absolute Gasteiger partial charge is 0.328 e. The second kappa shape index (κ2) is 10.2. The van der Waals surface area contributed by atoms with Crippen LogP contribution in [-0.2, 0) is 20.9 Å². The van der Waals surface area contributed by atoms with Gasteiger partial charge in [-0.15, -0.1) is 0 Å². The number of benzene rings is 2. The lowest BCUT2D eigenvalue weighted by molar-refractivity contribution is -0.148. The van der Waals surface area contributed by atoms with E-state index >= 15 is 0 Å². The van der Waals surface area contributed by atoms with Crippen LogP contribution < -0.4 is 4.74 Å². The molecule has 0 aromatic heterocycles. The molecule has 0 aliphatic carbocycles. The lowest BCUT2D eigenvalue weighted by Crippen LogP contribution is -2.42. The van der Waals surface area contributed by atoms with E-state index in [1.54, 1.807) is 18.2 Å². The minimum atomic E-state index is -1.01. The highest BCUT2D eigenvalue weighted by molar-refractivity contribution is 9.10. The molecule has 3 rings (SSSR count). The summed E-state index contributed by atoms with van der Waals surface area (Å²) in [6.45, 7) is 1.77. The lowest BCUT2D eigenvalue weighted by Gasteiger charge is -2.18. The van der Waals surface area contributed by atoms with E-state index in [-0.39, 0.29) is 4.91 Å². The van der Waals surface area contributed by atoms with Crippen molar-refractivity contribution in [2.24, 2.45) is 0 Å².